The fourth-order valence-corrected chi connectivity index (χ4v) is 1.65. The van der Waals surface area contributed by atoms with Gasteiger partial charge in [0.05, 0.1) is 0 Å². The van der Waals surface area contributed by atoms with E-state index in [4.69, 9.17) is 0 Å². The van der Waals surface area contributed by atoms with Crippen LogP contribution in [0.5, 0.6) is 0 Å². The molecule has 17 heavy (non-hydrogen) atoms. The molecule has 0 saturated heterocycles. The quantitative estimate of drug-likeness (QED) is 0.815. The van der Waals surface area contributed by atoms with Crippen molar-refractivity contribution in [2.75, 3.05) is 0 Å². The minimum absolute atomic E-state index is 0.244. The third-order valence-electron chi connectivity index (χ3n) is 2.60. The zero-order valence-electron chi connectivity index (χ0n) is 10.3. The average molecular weight is 233 g/mol. The molecule has 0 N–H and O–H groups in total. The maximum absolute atomic E-state index is 13.7. The van der Waals surface area contributed by atoms with Crippen molar-refractivity contribution >= 4 is 0 Å². The van der Waals surface area contributed by atoms with Gasteiger partial charge in [0, 0.05) is 12.3 Å². The van der Waals surface area contributed by atoms with E-state index >= 15 is 0 Å². The standard InChI is InChI=1S/C13H16FN3/c1-4-12-15-13(9(2)3)16-17(12)11-8-6-5-7-10(11)14/h5-9H,4H2,1-3H3. The summed E-state index contributed by atoms with van der Waals surface area (Å²) >= 11 is 0. The van der Waals surface area contributed by atoms with E-state index in [0.29, 0.717) is 5.69 Å². The van der Waals surface area contributed by atoms with Gasteiger partial charge in [-0.1, -0.05) is 32.9 Å². The lowest BCUT2D eigenvalue weighted by atomic mass is 10.2. The number of aromatic nitrogens is 3. The molecular formula is C13H16FN3. The Morgan fingerprint density at radius 1 is 1.29 bits per heavy atom. The highest BCUT2D eigenvalue weighted by molar-refractivity contribution is 5.33. The monoisotopic (exact) mass is 233 g/mol. The Bertz CT molecular complexity index is 517. The highest BCUT2D eigenvalue weighted by atomic mass is 19.1. The van der Waals surface area contributed by atoms with Crippen molar-refractivity contribution in [1.29, 1.82) is 0 Å². The molecule has 0 aliphatic rings. The number of rotatable bonds is 3. The highest BCUT2D eigenvalue weighted by Gasteiger charge is 2.14. The van der Waals surface area contributed by atoms with Crippen molar-refractivity contribution < 1.29 is 4.39 Å². The summed E-state index contributed by atoms with van der Waals surface area (Å²) in [5, 5.41) is 4.38. The fourth-order valence-electron chi connectivity index (χ4n) is 1.65. The molecule has 0 atom stereocenters. The molecule has 0 unspecified atom stereocenters. The molecule has 0 saturated carbocycles. The molecule has 0 spiro atoms. The van der Waals surface area contributed by atoms with Crippen molar-refractivity contribution in [3.05, 3.63) is 41.7 Å². The molecule has 0 amide bonds. The predicted octanol–water partition coefficient (Wildman–Crippen LogP) is 3.09. The van der Waals surface area contributed by atoms with Crippen LogP contribution < -0.4 is 0 Å². The van der Waals surface area contributed by atoms with Gasteiger partial charge in [-0.05, 0) is 12.1 Å². The van der Waals surface area contributed by atoms with E-state index in [1.807, 2.05) is 20.8 Å². The Morgan fingerprint density at radius 2 is 2.00 bits per heavy atom. The van der Waals surface area contributed by atoms with Gasteiger partial charge in [-0.15, -0.1) is 0 Å². The molecule has 1 aromatic carbocycles. The topological polar surface area (TPSA) is 30.7 Å². The minimum Gasteiger partial charge on any atom is -0.216 e. The number of hydrogen-bond acceptors (Lipinski definition) is 2. The van der Waals surface area contributed by atoms with Gasteiger partial charge in [-0.25, -0.2) is 14.1 Å². The zero-order chi connectivity index (χ0) is 12.4. The molecule has 0 aliphatic heterocycles. The maximum Gasteiger partial charge on any atom is 0.153 e. The molecular weight excluding hydrogens is 217 g/mol. The Hall–Kier alpha value is -1.71. The number of aryl methyl sites for hydroxylation is 1. The van der Waals surface area contributed by atoms with Gasteiger partial charge in [-0.2, -0.15) is 5.10 Å². The van der Waals surface area contributed by atoms with Crippen molar-refractivity contribution in [1.82, 2.24) is 14.8 Å². The SMILES string of the molecule is CCc1nc(C(C)C)nn1-c1ccccc1F. The second-order valence-electron chi connectivity index (χ2n) is 4.26. The second kappa shape index (κ2) is 4.65. The molecule has 0 aliphatic carbocycles. The van der Waals surface area contributed by atoms with Crippen LogP contribution in [0, 0.1) is 5.82 Å². The van der Waals surface area contributed by atoms with Crippen LogP contribution in [0.2, 0.25) is 0 Å². The van der Waals surface area contributed by atoms with Gasteiger partial charge in [0.15, 0.2) is 5.82 Å². The number of nitrogens with zero attached hydrogens (tertiary/aromatic N) is 3. The van der Waals surface area contributed by atoms with E-state index in [0.717, 1.165) is 18.1 Å². The van der Waals surface area contributed by atoms with E-state index in [-0.39, 0.29) is 11.7 Å². The van der Waals surface area contributed by atoms with E-state index in [9.17, 15) is 4.39 Å². The van der Waals surface area contributed by atoms with Crippen molar-refractivity contribution in [3.8, 4) is 5.69 Å². The molecule has 0 fully saturated rings. The lowest BCUT2D eigenvalue weighted by Gasteiger charge is -2.04. The summed E-state index contributed by atoms with van der Waals surface area (Å²) in [6.45, 7) is 6.05. The first-order chi connectivity index (χ1) is 8.13. The number of halogens is 1. The van der Waals surface area contributed by atoms with Crippen LogP contribution in [0.25, 0.3) is 5.69 Å². The van der Waals surface area contributed by atoms with E-state index in [1.54, 1.807) is 22.9 Å². The first-order valence-electron chi connectivity index (χ1n) is 5.84. The van der Waals surface area contributed by atoms with Gasteiger partial charge in [0.1, 0.15) is 17.3 Å². The first kappa shape index (κ1) is 11.8. The average Bonchev–Trinajstić information content (AvgIpc) is 2.73. The summed E-state index contributed by atoms with van der Waals surface area (Å²) in [7, 11) is 0. The first-order valence-corrected chi connectivity index (χ1v) is 5.84. The van der Waals surface area contributed by atoms with Gasteiger partial charge in [0.2, 0.25) is 0 Å². The van der Waals surface area contributed by atoms with E-state index in [2.05, 4.69) is 10.1 Å². The van der Waals surface area contributed by atoms with Crippen LogP contribution in [0.15, 0.2) is 24.3 Å². The maximum atomic E-state index is 13.7. The molecule has 2 rings (SSSR count). The number of hydrogen-bond donors (Lipinski definition) is 0. The largest absolute Gasteiger partial charge is 0.216 e. The zero-order valence-corrected chi connectivity index (χ0v) is 10.3. The molecule has 1 aromatic heterocycles. The third kappa shape index (κ3) is 2.20. The van der Waals surface area contributed by atoms with Crippen LogP contribution in [0.1, 0.15) is 38.3 Å². The summed E-state index contributed by atoms with van der Waals surface area (Å²) in [5.74, 6) is 1.51. The fraction of sp³-hybridized carbons (Fsp3) is 0.385. The second-order valence-corrected chi connectivity index (χ2v) is 4.26. The summed E-state index contributed by atoms with van der Waals surface area (Å²) < 4.78 is 15.3. The molecule has 2 aromatic rings. The number of para-hydroxylation sites is 1. The number of benzene rings is 1. The van der Waals surface area contributed by atoms with Gasteiger partial charge < -0.3 is 0 Å². The van der Waals surface area contributed by atoms with Crippen LogP contribution in [0.3, 0.4) is 0 Å². The Kier molecular flexibility index (Phi) is 3.22. The minimum atomic E-state index is -0.276. The molecule has 1 heterocycles. The predicted molar refractivity (Wildman–Crippen MR) is 64.8 cm³/mol. The van der Waals surface area contributed by atoms with Crippen LogP contribution in [-0.2, 0) is 6.42 Å². The lowest BCUT2D eigenvalue weighted by Crippen LogP contribution is -2.04. The summed E-state index contributed by atoms with van der Waals surface area (Å²) in [5.41, 5.74) is 0.462. The Morgan fingerprint density at radius 3 is 2.59 bits per heavy atom. The molecule has 3 nitrogen and oxygen atoms in total. The van der Waals surface area contributed by atoms with Crippen molar-refractivity contribution in [3.63, 3.8) is 0 Å². The van der Waals surface area contributed by atoms with Crippen LogP contribution in [-0.4, -0.2) is 14.8 Å². The molecule has 0 radical (unpaired) electrons. The lowest BCUT2D eigenvalue weighted by molar-refractivity contribution is 0.604. The van der Waals surface area contributed by atoms with E-state index < -0.39 is 0 Å². The van der Waals surface area contributed by atoms with E-state index in [1.165, 1.54) is 6.07 Å². The summed E-state index contributed by atoms with van der Waals surface area (Å²) in [4.78, 5) is 4.43. The van der Waals surface area contributed by atoms with Crippen molar-refractivity contribution in [2.24, 2.45) is 0 Å². The van der Waals surface area contributed by atoms with Crippen LogP contribution >= 0.6 is 0 Å². The van der Waals surface area contributed by atoms with Gasteiger partial charge in [0.25, 0.3) is 0 Å². The Labute approximate surface area is 100 Å². The molecule has 90 valence electrons. The summed E-state index contributed by atoms with van der Waals surface area (Å²) in [6, 6.07) is 6.62. The normalized spacial score (nSPS) is 11.1. The highest BCUT2D eigenvalue weighted by Crippen LogP contribution is 2.17. The smallest absolute Gasteiger partial charge is 0.153 e. The van der Waals surface area contributed by atoms with Crippen LogP contribution in [0.4, 0.5) is 4.39 Å². The Balaban J connectivity index is 2.55. The van der Waals surface area contributed by atoms with Gasteiger partial charge in [-0.3, -0.25) is 0 Å². The third-order valence-corrected chi connectivity index (χ3v) is 2.60. The molecule has 0 bridgehead atoms. The summed E-state index contributed by atoms with van der Waals surface area (Å²) in [6.07, 6.45) is 0.730. The molecule has 4 heteroatoms. The van der Waals surface area contributed by atoms with Crippen molar-refractivity contribution in [2.45, 2.75) is 33.1 Å². The van der Waals surface area contributed by atoms with Gasteiger partial charge >= 0.3 is 0 Å².